The summed E-state index contributed by atoms with van der Waals surface area (Å²) < 4.78 is 13.1. The molecule has 2 rings (SSSR count). The van der Waals surface area contributed by atoms with Crippen molar-refractivity contribution < 1.29 is 14.1 Å². The van der Waals surface area contributed by atoms with Gasteiger partial charge in [0.1, 0.15) is 0 Å². The van der Waals surface area contributed by atoms with Gasteiger partial charge >= 0.3 is 5.69 Å². The minimum absolute atomic E-state index is 0.0560. The van der Waals surface area contributed by atoms with Crippen LogP contribution in [0.2, 0.25) is 0 Å². The van der Waals surface area contributed by atoms with Gasteiger partial charge in [-0.15, -0.1) is 5.10 Å². The lowest BCUT2D eigenvalue weighted by Crippen LogP contribution is -2.13. The second-order valence-corrected chi connectivity index (χ2v) is 3.48. The van der Waals surface area contributed by atoms with Crippen LogP contribution >= 0.6 is 0 Å². The zero-order valence-corrected chi connectivity index (χ0v) is 9.57. The van der Waals surface area contributed by atoms with Crippen LogP contribution in [0.4, 0.5) is 16.0 Å². The number of amides is 1. The molecule has 1 N–H and O–H groups in total. The summed E-state index contributed by atoms with van der Waals surface area (Å²) in [5, 5.41) is 23.5. The number of carbonyl (C=O) groups excluding carboxylic acids is 1. The Hall–Kier alpha value is -2.91. The van der Waals surface area contributed by atoms with E-state index in [-0.39, 0.29) is 11.5 Å². The Balaban J connectivity index is 2.24. The predicted octanol–water partition coefficient (Wildman–Crippen LogP) is 0.510. The molecule has 0 aliphatic carbocycles. The molecular weight excluding hydrogens is 259 g/mol. The molecule has 0 atom stereocenters. The standard InChI is InChI=1S/C9H7FN6O3/c1-15-13-9(12-14-15)11-8(17)5-2-3-6(10)7(4-5)16(18)19/h2-4H,1H3,(H,11,13,17). The van der Waals surface area contributed by atoms with Gasteiger partial charge in [-0.05, 0) is 17.3 Å². The summed E-state index contributed by atoms with van der Waals surface area (Å²) in [5.41, 5.74) is -0.861. The van der Waals surface area contributed by atoms with Crippen molar-refractivity contribution in [2.75, 3.05) is 5.32 Å². The van der Waals surface area contributed by atoms with Crippen molar-refractivity contribution in [3.63, 3.8) is 0 Å². The Morgan fingerprint density at radius 1 is 1.53 bits per heavy atom. The van der Waals surface area contributed by atoms with Crippen LogP contribution in [-0.4, -0.2) is 31.0 Å². The highest BCUT2D eigenvalue weighted by Crippen LogP contribution is 2.18. The summed E-state index contributed by atoms with van der Waals surface area (Å²) in [5.74, 6) is -1.77. The smallest absolute Gasteiger partial charge is 0.288 e. The van der Waals surface area contributed by atoms with E-state index in [0.29, 0.717) is 0 Å². The molecular formula is C9H7FN6O3. The highest BCUT2D eigenvalue weighted by Gasteiger charge is 2.18. The van der Waals surface area contributed by atoms with Gasteiger partial charge in [0.2, 0.25) is 5.82 Å². The number of aryl methyl sites for hydroxylation is 1. The van der Waals surface area contributed by atoms with E-state index >= 15 is 0 Å². The lowest BCUT2D eigenvalue weighted by Gasteiger charge is -2.01. The number of hydrogen-bond acceptors (Lipinski definition) is 6. The number of nitrogens with zero attached hydrogens (tertiary/aromatic N) is 5. The lowest BCUT2D eigenvalue weighted by atomic mass is 10.2. The van der Waals surface area contributed by atoms with Gasteiger partial charge in [0.05, 0.1) is 12.0 Å². The molecule has 0 saturated carbocycles. The molecule has 98 valence electrons. The molecule has 1 aromatic heterocycles. The number of nitrogens with one attached hydrogen (secondary N) is 1. The fourth-order valence-electron chi connectivity index (χ4n) is 1.30. The van der Waals surface area contributed by atoms with E-state index < -0.39 is 22.3 Å². The van der Waals surface area contributed by atoms with Crippen LogP contribution in [-0.2, 0) is 7.05 Å². The van der Waals surface area contributed by atoms with E-state index in [4.69, 9.17) is 0 Å². The normalized spacial score (nSPS) is 10.2. The van der Waals surface area contributed by atoms with E-state index in [1.54, 1.807) is 0 Å². The number of aromatic nitrogens is 4. The summed E-state index contributed by atoms with van der Waals surface area (Å²) in [6, 6.07) is 2.80. The van der Waals surface area contributed by atoms with Gasteiger partial charge in [0, 0.05) is 11.6 Å². The maximum absolute atomic E-state index is 13.1. The average Bonchev–Trinajstić information content (AvgIpc) is 2.74. The molecule has 0 spiro atoms. The molecule has 0 fully saturated rings. The van der Waals surface area contributed by atoms with Crippen LogP contribution in [0.5, 0.6) is 0 Å². The van der Waals surface area contributed by atoms with Gasteiger partial charge in [-0.1, -0.05) is 5.10 Å². The number of hydrogen-bond donors (Lipinski definition) is 1. The molecule has 0 aliphatic heterocycles. The van der Waals surface area contributed by atoms with Gasteiger partial charge in [-0.3, -0.25) is 20.2 Å². The molecule has 19 heavy (non-hydrogen) atoms. The van der Waals surface area contributed by atoms with Crippen molar-refractivity contribution in [3.05, 3.63) is 39.7 Å². The van der Waals surface area contributed by atoms with Gasteiger partial charge in [-0.2, -0.15) is 9.19 Å². The molecule has 0 radical (unpaired) electrons. The first kappa shape index (κ1) is 12.5. The Morgan fingerprint density at radius 2 is 2.26 bits per heavy atom. The van der Waals surface area contributed by atoms with Crippen molar-refractivity contribution in [2.24, 2.45) is 7.05 Å². The Kier molecular flexibility index (Phi) is 3.14. The average molecular weight is 266 g/mol. The summed E-state index contributed by atoms with van der Waals surface area (Å²) in [4.78, 5) is 22.5. The maximum atomic E-state index is 13.1. The first-order chi connectivity index (χ1) is 8.97. The maximum Gasteiger partial charge on any atom is 0.305 e. The van der Waals surface area contributed by atoms with Crippen LogP contribution in [0.1, 0.15) is 10.4 Å². The monoisotopic (exact) mass is 266 g/mol. The highest BCUT2D eigenvalue weighted by molar-refractivity contribution is 6.03. The molecule has 10 heteroatoms. The lowest BCUT2D eigenvalue weighted by molar-refractivity contribution is -0.387. The molecule has 0 unspecified atom stereocenters. The highest BCUT2D eigenvalue weighted by atomic mass is 19.1. The molecule has 1 amide bonds. The molecule has 9 nitrogen and oxygen atoms in total. The fraction of sp³-hybridized carbons (Fsp3) is 0.111. The number of carbonyl (C=O) groups is 1. The van der Waals surface area contributed by atoms with Gasteiger partial charge in [0.25, 0.3) is 11.9 Å². The van der Waals surface area contributed by atoms with E-state index in [2.05, 4.69) is 20.7 Å². The zero-order chi connectivity index (χ0) is 14.0. The van der Waals surface area contributed by atoms with Crippen molar-refractivity contribution in [2.45, 2.75) is 0 Å². The number of nitro groups is 1. The number of benzene rings is 1. The second-order valence-electron chi connectivity index (χ2n) is 3.48. The second kappa shape index (κ2) is 4.76. The minimum atomic E-state index is -1.01. The molecule has 1 heterocycles. The fourth-order valence-corrected chi connectivity index (χ4v) is 1.30. The Bertz CT molecular complexity index is 655. The minimum Gasteiger partial charge on any atom is -0.288 e. The van der Waals surface area contributed by atoms with Gasteiger partial charge in [0.15, 0.2) is 0 Å². The third kappa shape index (κ3) is 2.68. The van der Waals surface area contributed by atoms with E-state index in [1.165, 1.54) is 7.05 Å². The SMILES string of the molecule is Cn1nnc(NC(=O)c2ccc(F)c([N+](=O)[O-])c2)n1. The van der Waals surface area contributed by atoms with Crippen molar-refractivity contribution in [1.82, 2.24) is 20.2 Å². The molecule has 0 saturated heterocycles. The first-order valence-electron chi connectivity index (χ1n) is 4.96. The number of rotatable bonds is 3. The first-order valence-corrected chi connectivity index (χ1v) is 4.96. The van der Waals surface area contributed by atoms with Gasteiger partial charge < -0.3 is 0 Å². The van der Waals surface area contributed by atoms with E-state index in [1.807, 2.05) is 0 Å². The third-order valence-electron chi connectivity index (χ3n) is 2.14. The quantitative estimate of drug-likeness (QED) is 0.639. The van der Waals surface area contributed by atoms with Gasteiger partial charge in [-0.25, -0.2) is 0 Å². The zero-order valence-electron chi connectivity index (χ0n) is 9.57. The van der Waals surface area contributed by atoms with Crippen LogP contribution in [0.15, 0.2) is 18.2 Å². The number of tetrazole rings is 1. The summed E-state index contributed by atoms with van der Waals surface area (Å²) in [6.45, 7) is 0. The van der Waals surface area contributed by atoms with Crippen LogP contribution in [0.25, 0.3) is 0 Å². The summed E-state index contributed by atoms with van der Waals surface area (Å²) in [6.07, 6.45) is 0. The largest absolute Gasteiger partial charge is 0.305 e. The molecule has 1 aromatic carbocycles. The number of anilines is 1. The number of nitro benzene ring substituents is 1. The topological polar surface area (TPSA) is 116 Å². The van der Waals surface area contributed by atoms with Crippen molar-refractivity contribution in [1.29, 1.82) is 0 Å². The summed E-state index contributed by atoms with van der Waals surface area (Å²) >= 11 is 0. The van der Waals surface area contributed by atoms with Crippen molar-refractivity contribution in [3.8, 4) is 0 Å². The Labute approximate surface area is 105 Å². The Morgan fingerprint density at radius 3 is 2.84 bits per heavy atom. The van der Waals surface area contributed by atoms with E-state index in [9.17, 15) is 19.3 Å². The number of halogens is 1. The molecule has 0 bridgehead atoms. The van der Waals surface area contributed by atoms with Crippen LogP contribution in [0.3, 0.4) is 0 Å². The van der Waals surface area contributed by atoms with Crippen LogP contribution in [0, 0.1) is 15.9 Å². The van der Waals surface area contributed by atoms with Crippen molar-refractivity contribution >= 4 is 17.5 Å². The third-order valence-corrected chi connectivity index (χ3v) is 2.14. The molecule has 0 aliphatic rings. The predicted molar refractivity (Wildman–Crippen MR) is 59.8 cm³/mol. The molecule has 2 aromatic rings. The summed E-state index contributed by atoms with van der Waals surface area (Å²) in [7, 11) is 1.51. The van der Waals surface area contributed by atoms with Crippen LogP contribution < -0.4 is 5.32 Å². The van der Waals surface area contributed by atoms with E-state index in [0.717, 1.165) is 23.0 Å².